The molecule has 1 aliphatic heterocycles. The van der Waals surface area contributed by atoms with Gasteiger partial charge in [-0.15, -0.1) is 5.10 Å². The summed E-state index contributed by atoms with van der Waals surface area (Å²) in [6.45, 7) is -0.414. The molecule has 1 aromatic heterocycles. The molecule has 1 atom stereocenters. The summed E-state index contributed by atoms with van der Waals surface area (Å²) in [5.41, 5.74) is 0. The van der Waals surface area contributed by atoms with Crippen molar-refractivity contribution >= 4 is 17.8 Å². The summed E-state index contributed by atoms with van der Waals surface area (Å²) in [5.74, 6) is -1.35. The summed E-state index contributed by atoms with van der Waals surface area (Å²) in [5, 5.41) is 18.0. The average molecular weight is 279 g/mol. The Bertz CT molecular complexity index is 579. The molecular formula is C11H13N5O4. The zero-order valence-corrected chi connectivity index (χ0v) is 10.5. The standard InChI is InChI=1S/C11H13N5O4/c17-7-4-16(6(3-12-7)11(19)20)10(18)9-13-8(14-15-9)5-1-2-5/h5-6H,1-4H2,(H,12,17)(H,19,20)(H,13,14,15). The van der Waals surface area contributed by atoms with Crippen LogP contribution in [-0.2, 0) is 9.59 Å². The van der Waals surface area contributed by atoms with Crippen LogP contribution in [0.5, 0.6) is 0 Å². The number of carboxylic acid groups (broad SMARTS) is 1. The molecule has 3 rings (SSSR count). The average Bonchev–Trinajstić information content (AvgIpc) is 3.15. The third-order valence-electron chi connectivity index (χ3n) is 3.39. The molecule has 1 unspecified atom stereocenters. The number of carbonyl (C=O) groups excluding carboxylic acids is 2. The topological polar surface area (TPSA) is 128 Å². The molecule has 9 heteroatoms. The number of aliphatic carboxylic acids is 1. The molecule has 0 aromatic carbocycles. The maximum absolute atomic E-state index is 12.3. The molecular weight excluding hydrogens is 266 g/mol. The zero-order chi connectivity index (χ0) is 14.3. The Morgan fingerprint density at radius 2 is 2.10 bits per heavy atom. The molecule has 2 heterocycles. The fraction of sp³-hybridized carbons (Fsp3) is 0.545. The molecule has 20 heavy (non-hydrogen) atoms. The number of hydrogen-bond donors (Lipinski definition) is 3. The number of carbonyl (C=O) groups is 3. The Hall–Kier alpha value is -2.45. The predicted molar refractivity (Wildman–Crippen MR) is 63.8 cm³/mol. The highest BCUT2D eigenvalue weighted by atomic mass is 16.4. The maximum Gasteiger partial charge on any atom is 0.328 e. The second-order valence-corrected chi connectivity index (χ2v) is 4.91. The van der Waals surface area contributed by atoms with E-state index >= 15 is 0 Å². The molecule has 0 radical (unpaired) electrons. The second-order valence-electron chi connectivity index (χ2n) is 4.91. The summed E-state index contributed by atoms with van der Waals surface area (Å²) in [7, 11) is 0. The quantitative estimate of drug-likeness (QED) is 0.631. The SMILES string of the molecule is O=C1CN(C(=O)c2n[nH]c(C3CC3)n2)C(C(=O)O)CN1. The third-order valence-corrected chi connectivity index (χ3v) is 3.39. The first-order chi connectivity index (χ1) is 9.56. The summed E-state index contributed by atoms with van der Waals surface area (Å²) in [4.78, 5) is 39.8. The highest BCUT2D eigenvalue weighted by Gasteiger charge is 2.37. The minimum atomic E-state index is -1.17. The largest absolute Gasteiger partial charge is 0.480 e. The normalized spacial score (nSPS) is 22.5. The molecule has 1 aromatic rings. The molecule has 2 amide bonds. The van der Waals surface area contributed by atoms with Gasteiger partial charge < -0.3 is 15.3 Å². The van der Waals surface area contributed by atoms with Crippen LogP contribution in [0.2, 0.25) is 0 Å². The predicted octanol–water partition coefficient (Wildman–Crippen LogP) is -1.29. The number of rotatable bonds is 3. The summed E-state index contributed by atoms with van der Waals surface area (Å²) in [6.07, 6.45) is 2.01. The lowest BCUT2D eigenvalue weighted by molar-refractivity contribution is -0.144. The molecule has 1 saturated carbocycles. The molecule has 106 valence electrons. The lowest BCUT2D eigenvalue weighted by Gasteiger charge is -2.31. The van der Waals surface area contributed by atoms with Gasteiger partial charge in [0.25, 0.3) is 5.91 Å². The van der Waals surface area contributed by atoms with Gasteiger partial charge in [-0.05, 0) is 12.8 Å². The van der Waals surface area contributed by atoms with Gasteiger partial charge in [0.1, 0.15) is 18.4 Å². The van der Waals surface area contributed by atoms with Crippen LogP contribution in [0.4, 0.5) is 0 Å². The first-order valence-electron chi connectivity index (χ1n) is 6.29. The number of piperazine rings is 1. The van der Waals surface area contributed by atoms with E-state index in [4.69, 9.17) is 5.11 Å². The van der Waals surface area contributed by atoms with Crippen LogP contribution in [0.25, 0.3) is 0 Å². The number of carboxylic acids is 1. The molecule has 1 aliphatic carbocycles. The van der Waals surface area contributed by atoms with E-state index in [1.165, 1.54) is 0 Å². The Labute approximate surface area is 113 Å². The minimum Gasteiger partial charge on any atom is -0.480 e. The third kappa shape index (κ3) is 2.22. The fourth-order valence-corrected chi connectivity index (χ4v) is 2.11. The van der Waals surface area contributed by atoms with E-state index in [1.54, 1.807) is 0 Å². The van der Waals surface area contributed by atoms with Crippen molar-refractivity contribution in [2.75, 3.05) is 13.1 Å². The Morgan fingerprint density at radius 1 is 1.35 bits per heavy atom. The van der Waals surface area contributed by atoms with Crippen LogP contribution in [0.1, 0.15) is 35.2 Å². The van der Waals surface area contributed by atoms with Gasteiger partial charge in [-0.1, -0.05) is 0 Å². The van der Waals surface area contributed by atoms with Gasteiger partial charge in [-0.2, -0.15) is 0 Å². The first kappa shape index (κ1) is 12.6. The number of aromatic nitrogens is 3. The number of nitrogens with one attached hydrogen (secondary N) is 2. The van der Waals surface area contributed by atoms with Crippen molar-refractivity contribution in [3.8, 4) is 0 Å². The molecule has 2 aliphatic rings. The lowest BCUT2D eigenvalue weighted by atomic mass is 10.2. The van der Waals surface area contributed by atoms with E-state index < -0.39 is 23.8 Å². The van der Waals surface area contributed by atoms with Gasteiger partial charge >= 0.3 is 5.97 Å². The number of H-pyrrole nitrogens is 1. The zero-order valence-electron chi connectivity index (χ0n) is 10.5. The summed E-state index contributed by atoms with van der Waals surface area (Å²) >= 11 is 0. The van der Waals surface area contributed by atoms with Gasteiger partial charge in [0.05, 0.1) is 0 Å². The molecule has 0 spiro atoms. The number of aromatic amines is 1. The van der Waals surface area contributed by atoms with Crippen molar-refractivity contribution in [3.63, 3.8) is 0 Å². The van der Waals surface area contributed by atoms with Gasteiger partial charge in [-0.25, -0.2) is 9.78 Å². The summed E-state index contributed by atoms with van der Waals surface area (Å²) in [6, 6.07) is -1.09. The van der Waals surface area contributed by atoms with Crippen molar-refractivity contribution in [1.29, 1.82) is 0 Å². The van der Waals surface area contributed by atoms with Crippen LogP contribution < -0.4 is 5.32 Å². The van der Waals surface area contributed by atoms with E-state index in [0.29, 0.717) is 11.7 Å². The van der Waals surface area contributed by atoms with Crippen molar-refractivity contribution < 1.29 is 19.5 Å². The fourth-order valence-electron chi connectivity index (χ4n) is 2.11. The molecule has 1 saturated heterocycles. The molecule has 3 N–H and O–H groups in total. The Morgan fingerprint density at radius 3 is 2.75 bits per heavy atom. The van der Waals surface area contributed by atoms with Crippen LogP contribution in [0, 0.1) is 0 Å². The van der Waals surface area contributed by atoms with Gasteiger partial charge in [0.15, 0.2) is 0 Å². The second kappa shape index (κ2) is 4.58. The summed E-state index contributed by atoms with van der Waals surface area (Å²) < 4.78 is 0. The van der Waals surface area contributed by atoms with Crippen LogP contribution >= 0.6 is 0 Å². The highest BCUT2D eigenvalue weighted by molar-refractivity contribution is 5.97. The van der Waals surface area contributed by atoms with E-state index in [0.717, 1.165) is 17.7 Å². The molecule has 0 bridgehead atoms. The van der Waals surface area contributed by atoms with Gasteiger partial charge in [-0.3, -0.25) is 14.7 Å². The van der Waals surface area contributed by atoms with Gasteiger partial charge in [0.2, 0.25) is 11.7 Å². The van der Waals surface area contributed by atoms with E-state index in [2.05, 4.69) is 20.5 Å². The van der Waals surface area contributed by atoms with E-state index in [9.17, 15) is 14.4 Å². The minimum absolute atomic E-state index is 0.0900. The molecule has 2 fully saturated rings. The van der Waals surface area contributed by atoms with Crippen molar-refractivity contribution in [3.05, 3.63) is 11.6 Å². The van der Waals surface area contributed by atoms with E-state index in [-0.39, 0.29) is 18.9 Å². The van der Waals surface area contributed by atoms with Crippen LogP contribution in [-0.4, -0.2) is 62.1 Å². The van der Waals surface area contributed by atoms with Crippen LogP contribution in [0.3, 0.4) is 0 Å². The van der Waals surface area contributed by atoms with Crippen molar-refractivity contribution in [1.82, 2.24) is 25.4 Å². The Balaban J connectivity index is 1.81. The number of hydrogen-bond acceptors (Lipinski definition) is 5. The smallest absolute Gasteiger partial charge is 0.328 e. The number of nitrogens with zero attached hydrogens (tertiary/aromatic N) is 3. The first-order valence-corrected chi connectivity index (χ1v) is 6.29. The monoisotopic (exact) mass is 279 g/mol. The Kier molecular flexibility index (Phi) is 2.88. The lowest BCUT2D eigenvalue weighted by Crippen LogP contribution is -2.59. The van der Waals surface area contributed by atoms with Crippen LogP contribution in [0.15, 0.2) is 0 Å². The number of amides is 2. The van der Waals surface area contributed by atoms with Gasteiger partial charge in [0, 0.05) is 12.5 Å². The van der Waals surface area contributed by atoms with Crippen molar-refractivity contribution in [2.45, 2.75) is 24.8 Å². The van der Waals surface area contributed by atoms with Crippen molar-refractivity contribution in [2.24, 2.45) is 0 Å². The maximum atomic E-state index is 12.3. The van der Waals surface area contributed by atoms with E-state index in [1.807, 2.05) is 0 Å². The molecule has 9 nitrogen and oxygen atoms in total. The highest BCUT2D eigenvalue weighted by Crippen LogP contribution is 2.37.